The van der Waals surface area contributed by atoms with Crippen LogP contribution in [-0.2, 0) is 0 Å². The van der Waals surface area contributed by atoms with Gasteiger partial charge in [-0.25, -0.2) is 4.39 Å². The van der Waals surface area contributed by atoms with Gasteiger partial charge in [-0.2, -0.15) is 0 Å². The standard InChI is InChI=1S/C9H11FN2/c10-8-6-11-5-4-9(8)12-7-2-1-3-7/h4-7H,1-3H2,(H,11,12). The van der Waals surface area contributed by atoms with Crippen molar-refractivity contribution in [2.45, 2.75) is 25.3 Å². The van der Waals surface area contributed by atoms with Gasteiger partial charge in [0.15, 0.2) is 5.82 Å². The SMILES string of the molecule is Fc1cnccc1NC1CCC1. The Labute approximate surface area is 70.8 Å². The van der Waals surface area contributed by atoms with E-state index >= 15 is 0 Å². The average molecular weight is 166 g/mol. The lowest BCUT2D eigenvalue weighted by atomic mass is 9.93. The Bertz CT molecular complexity index is 271. The first-order valence-corrected chi connectivity index (χ1v) is 4.22. The Morgan fingerprint density at radius 2 is 2.33 bits per heavy atom. The molecule has 0 unspecified atom stereocenters. The maximum absolute atomic E-state index is 13.0. The van der Waals surface area contributed by atoms with E-state index in [1.807, 2.05) is 0 Å². The first-order valence-electron chi connectivity index (χ1n) is 4.22. The quantitative estimate of drug-likeness (QED) is 0.728. The molecule has 0 spiro atoms. The van der Waals surface area contributed by atoms with E-state index in [2.05, 4.69) is 10.3 Å². The predicted molar refractivity (Wildman–Crippen MR) is 45.5 cm³/mol. The molecule has 0 aromatic carbocycles. The van der Waals surface area contributed by atoms with E-state index in [1.165, 1.54) is 12.6 Å². The predicted octanol–water partition coefficient (Wildman–Crippen LogP) is 2.19. The molecule has 1 aromatic rings. The van der Waals surface area contributed by atoms with Gasteiger partial charge < -0.3 is 5.32 Å². The van der Waals surface area contributed by atoms with Crippen LogP contribution in [-0.4, -0.2) is 11.0 Å². The van der Waals surface area contributed by atoms with Crippen molar-refractivity contribution in [3.8, 4) is 0 Å². The van der Waals surface area contributed by atoms with Crippen LogP contribution >= 0.6 is 0 Å². The Balaban J connectivity index is 2.06. The van der Waals surface area contributed by atoms with Crippen molar-refractivity contribution < 1.29 is 4.39 Å². The third-order valence-corrected chi connectivity index (χ3v) is 2.24. The highest BCUT2D eigenvalue weighted by Gasteiger charge is 2.17. The summed E-state index contributed by atoms with van der Waals surface area (Å²) in [5.41, 5.74) is 0.578. The zero-order valence-corrected chi connectivity index (χ0v) is 6.76. The number of halogens is 1. The maximum Gasteiger partial charge on any atom is 0.164 e. The number of pyridine rings is 1. The van der Waals surface area contributed by atoms with E-state index in [0.717, 1.165) is 12.8 Å². The van der Waals surface area contributed by atoms with Crippen LogP contribution < -0.4 is 5.32 Å². The van der Waals surface area contributed by atoms with Crippen LogP contribution in [0.1, 0.15) is 19.3 Å². The number of hydrogen-bond acceptors (Lipinski definition) is 2. The van der Waals surface area contributed by atoms with Crippen molar-refractivity contribution in [2.24, 2.45) is 0 Å². The number of hydrogen-bond donors (Lipinski definition) is 1. The van der Waals surface area contributed by atoms with Crippen LogP contribution in [0.4, 0.5) is 10.1 Å². The molecule has 0 aliphatic heterocycles. The maximum atomic E-state index is 13.0. The smallest absolute Gasteiger partial charge is 0.164 e. The van der Waals surface area contributed by atoms with E-state index in [9.17, 15) is 4.39 Å². The monoisotopic (exact) mass is 166 g/mol. The van der Waals surface area contributed by atoms with Gasteiger partial charge in [0.05, 0.1) is 11.9 Å². The van der Waals surface area contributed by atoms with E-state index in [0.29, 0.717) is 11.7 Å². The van der Waals surface area contributed by atoms with Crippen molar-refractivity contribution in [2.75, 3.05) is 5.32 Å². The summed E-state index contributed by atoms with van der Waals surface area (Å²) in [5.74, 6) is -0.260. The second-order valence-electron chi connectivity index (χ2n) is 3.13. The first-order chi connectivity index (χ1) is 5.86. The largest absolute Gasteiger partial charge is 0.380 e. The van der Waals surface area contributed by atoms with Crippen molar-refractivity contribution in [1.29, 1.82) is 0 Å². The summed E-state index contributed by atoms with van der Waals surface area (Å²) in [7, 11) is 0. The molecule has 3 heteroatoms. The van der Waals surface area contributed by atoms with Crippen molar-refractivity contribution in [3.05, 3.63) is 24.3 Å². The molecule has 0 bridgehead atoms. The zero-order valence-electron chi connectivity index (χ0n) is 6.76. The first kappa shape index (κ1) is 7.53. The Morgan fingerprint density at radius 1 is 1.50 bits per heavy atom. The normalized spacial score (nSPS) is 17.1. The van der Waals surface area contributed by atoms with Crippen LogP contribution in [0, 0.1) is 5.82 Å². The molecule has 1 heterocycles. The minimum Gasteiger partial charge on any atom is -0.380 e. The molecule has 1 fully saturated rings. The van der Waals surface area contributed by atoms with Gasteiger partial charge in [0, 0.05) is 12.2 Å². The van der Waals surface area contributed by atoms with Crippen molar-refractivity contribution in [1.82, 2.24) is 4.98 Å². The molecular formula is C9H11FN2. The van der Waals surface area contributed by atoms with Crippen molar-refractivity contribution >= 4 is 5.69 Å². The topological polar surface area (TPSA) is 24.9 Å². The fraction of sp³-hybridized carbons (Fsp3) is 0.444. The molecule has 1 aliphatic rings. The van der Waals surface area contributed by atoms with Gasteiger partial charge in [0.1, 0.15) is 0 Å². The molecule has 0 saturated heterocycles. The molecular weight excluding hydrogens is 155 g/mol. The second kappa shape index (κ2) is 3.09. The highest BCUT2D eigenvalue weighted by Crippen LogP contribution is 2.23. The van der Waals surface area contributed by atoms with E-state index in [1.54, 1.807) is 12.3 Å². The summed E-state index contributed by atoms with van der Waals surface area (Å²) in [6, 6.07) is 2.15. The van der Waals surface area contributed by atoms with Gasteiger partial charge in [-0.1, -0.05) is 0 Å². The molecule has 0 radical (unpaired) electrons. The molecule has 0 amide bonds. The Hall–Kier alpha value is -1.12. The minimum atomic E-state index is -0.260. The summed E-state index contributed by atoms with van der Waals surface area (Å²) in [5, 5.41) is 3.13. The number of nitrogens with one attached hydrogen (secondary N) is 1. The zero-order chi connectivity index (χ0) is 8.39. The summed E-state index contributed by atoms with van der Waals surface area (Å²) < 4.78 is 13.0. The molecule has 2 rings (SSSR count). The van der Waals surface area contributed by atoms with Crippen LogP contribution in [0.3, 0.4) is 0 Å². The molecule has 1 N–H and O–H groups in total. The van der Waals surface area contributed by atoms with Gasteiger partial charge in [-0.3, -0.25) is 4.98 Å². The van der Waals surface area contributed by atoms with Crippen molar-refractivity contribution in [3.63, 3.8) is 0 Å². The Kier molecular flexibility index (Phi) is 1.94. The van der Waals surface area contributed by atoms with Gasteiger partial charge in [0.2, 0.25) is 0 Å². The molecule has 12 heavy (non-hydrogen) atoms. The molecule has 1 aliphatic carbocycles. The molecule has 1 saturated carbocycles. The number of aromatic nitrogens is 1. The summed E-state index contributed by atoms with van der Waals surface area (Å²) in [4.78, 5) is 3.68. The minimum absolute atomic E-state index is 0.260. The van der Waals surface area contributed by atoms with Crippen LogP contribution in [0.5, 0.6) is 0 Å². The van der Waals surface area contributed by atoms with Crippen LogP contribution in [0.15, 0.2) is 18.5 Å². The fourth-order valence-electron chi connectivity index (χ4n) is 1.26. The highest BCUT2D eigenvalue weighted by atomic mass is 19.1. The number of anilines is 1. The van der Waals surface area contributed by atoms with Gasteiger partial charge in [0.25, 0.3) is 0 Å². The molecule has 0 atom stereocenters. The summed E-state index contributed by atoms with van der Waals surface area (Å²) in [6.45, 7) is 0. The fourth-order valence-corrected chi connectivity index (χ4v) is 1.26. The summed E-state index contributed by atoms with van der Waals surface area (Å²) >= 11 is 0. The van der Waals surface area contributed by atoms with Gasteiger partial charge >= 0.3 is 0 Å². The second-order valence-corrected chi connectivity index (χ2v) is 3.13. The Morgan fingerprint density at radius 3 is 2.92 bits per heavy atom. The third kappa shape index (κ3) is 1.40. The van der Waals surface area contributed by atoms with Crippen LogP contribution in [0.2, 0.25) is 0 Å². The highest BCUT2D eigenvalue weighted by molar-refractivity contribution is 5.43. The van der Waals surface area contributed by atoms with E-state index in [4.69, 9.17) is 0 Å². The van der Waals surface area contributed by atoms with E-state index < -0.39 is 0 Å². The van der Waals surface area contributed by atoms with Gasteiger partial charge in [-0.05, 0) is 25.3 Å². The molecule has 1 aromatic heterocycles. The molecule has 2 nitrogen and oxygen atoms in total. The number of rotatable bonds is 2. The number of nitrogens with zero attached hydrogens (tertiary/aromatic N) is 1. The average Bonchev–Trinajstić information content (AvgIpc) is 2.00. The van der Waals surface area contributed by atoms with E-state index in [-0.39, 0.29) is 5.82 Å². The summed E-state index contributed by atoms with van der Waals surface area (Å²) in [6.07, 6.45) is 6.40. The lowest BCUT2D eigenvalue weighted by Crippen LogP contribution is -2.27. The lowest BCUT2D eigenvalue weighted by molar-refractivity contribution is 0.443. The molecule has 64 valence electrons. The van der Waals surface area contributed by atoms with Gasteiger partial charge in [-0.15, -0.1) is 0 Å². The van der Waals surface area contributed by atoms with Crippen LogP contribution in [0.25, 0.3) is 0 Å². The lowest BCUT2D eigenvalue weighted by Gasteiger charge is -2.27. The third-order valence-electron chi connectivity index (χ3n) is 2.24.